The molecule has 160 valence electrons. The summed E-state index contributed by atoms with van der Waals surface area (Å²) < 4.78 is 20.5. The molecule has 0 bridgehead atoms. The number of rotatable bonds is 6. The first-order chi connectivity index (χ1) is 13.8. The molecule has 1 aliphatic carbocycles. The average molecular weight is 408 g/mol. The van der Waals surface area contributed by atoms with E-state index >= 15 is 0 Å². The van der Waals surface area contributed by atoms with E-state index in [9.17, 15) is 19.3 Å². The third-order valence-corrected chi connectivity index (χ3v) is 5.90. The number of hydrogen-bond acceptors (Lipinski definition) is 6. The van der Waals surface area contributed by atoms with Gasteiger partial charge in [0, 0.05) is 57.5 Å². The van der Waals surface area contributed by atoms with E-state index in [1.54, 1.807) is 19.0 Å². The van der Waals surface area contributed by atoms with E-state index in [1.807, 2.05) is 0 Å². The Morgan fingerprint density at radius 3 is 2.97 bits per heavy atom. The highest BCUT2D eigenvalue weighted by Crippen LogP contribution is 2.35. The van der Waals surface area contributed by atoms with E-state index in [4.69, 9.17) is 4.74 Å². The SMILES string of the molecule is CN(C)C(=O)CN[C@H]1CCCC[C@@]12CN(Cc1cc([N+](=O)[O-])ccc1F)CCO2. The highest BCUT2D eigenvalue weighted by atomic mass is 19.1. The van der Waals surface area contributed by atoms with Crippen LogP contribution in [0.15, 0.2) is 18.2 Å². The molecule has 2 atom stereocenters. The number of hydrogen-bond donors (Lipinski definition) is 1. The van der Waals surface area contributed by atoms with Gasteiger partial charge in [-0.15, -0.1) is 0 Å². The van der Waals surface area contributed by atoms with E-state index in [0.717, 1.165) is 31.7 Å². The lowest BCUT2D eigenvalue weighted by atomic mass is 9.78. The minimum Gasteiger partial charge on any atom is -0.371 e. The first-order valence-corrected chi connectivity index (χ1v) is 10.0. The molecule has 1 spiro atoms. The van der Waals surface area contributed by atoms with Gasteiger partial charge in [-0.2, -0.15) is 0 Å². The Bertz CT molecular complexity index is 756. The first-order valence-electron chi connectivity index (χ1n) is 10.0. The number of nitrogens with one attached hydrogen (secondary N) is 1. The molecule has 1 amide bonds. The van der Waals surface area contributed by atoms with Gasteiger partial charge in [0.1, 0.15) is 5.82 Å². The number of carbonyl (C=O) groups excluding carboxylic acids is 1. The van der Waals surface area contributed by atoms with Crippen LogP contribution in [0.5, 0.6) is 0 Å². The minimum absolute atomic E-state index is 0.0112. The number of non-ortho nitro benzene ring substituents is 1. The molecule has 2 fully saturated rings. The Morgan fingerprint density at radius 1 is 1.45 bits per heavy atom. The maximum Gasteiger partial charge on any atom is 0.269 e. The molecule has 0 unspecified atom stereocenters. The monoisotopic (exact) mass is 408 g/mol. The average Bonchev–Trinajstić information content (AvgIpc) is 2.68. The summed E-state index contributed by atoms with van der Waals surface area (Å²) in [6.45, 7) is 2.29. The van der Waals surface area contributed by atoms with Crippen molar-refractivity contribution in [3.63, 3.8) is 0 Å². The standard InChI is InChI=1S/C20H29FN4O4/c1-23(2)19(26)12-22-18-5-3-4-8-20(18)14-24(9-10-29-20)13-15-11-16(25(27)28)6-7-17(15)21/h6-7,11,18,22H,3-5,8-10,12-14H2,1-2H3/t18-,20+/m0/s1. The van der Waals surface area contributed by atoms with Crippen LogP contribution >= 0.6 is 0 Å². The van der Waals surface area contributed by atoms with E-state index in [1.165, 1.54) is 12.1 Å². The fourth-order valence-corrected chi connectivity index (χ4v) is 4.28. The molecule has 9 heteroatoms. The summed E-state index contributed by atoms with van der Waals surface area (Å²) in [6, 6.07) is 3.69. The first kappa shape index (κ1) is 21.6. The lowest BCUT2D eigenvalue weighted by Gasteiger charge is -2.50. The zero-order valence-corrected chi connectivity index (χ0v) is 17.0. The van der Waals surface area contributed by atoms with Crippen LogP contribution in [0, 0.1) is 15.9 Å². The third-order valence-electron chi connectivity index (χ3n) is 5.90. The minimum atomic E-state index is -0.507. The second kappa shape index (κ2) is 9.15. The number of ether oxygens (including phenoxy) is 1. The highest BCUT2D eigenvalue weighted by molar-refractivity contribution is 5.77. The molecular weight excluding hydrogens is 379 g/mol. The number of nitro benzene ring substituents is 1. The number of amides is 1. The summed E-state index contributed by atoms with van der Waals surface area (Å²) in [4.78, 5) is 26.2. The van der Waals surface area contributed by atoms with Gasteiger partial charge in [0.05, 0.1) is 23.7 Å². The van der Waals surface area contributed by atoms with Crippen molar-refractivity contribution in [1.29, 1.82) is 0 Å². The van der Waals surface area contributed by atoms with Crippen LogP contribution in [0.25, 0.3) is 0 Å². The summed E-state index contributed by atoms with van der Waals surface area (Å²) in [7, 11) is 3.46. The number of likely N-dealkylation sites (N-methyl/N-ethyl adjacent to an activating group) is 1. The Labute approximate surface area is 170 Å². The van der Waals surface area contributed by atoms with Gasteiger partial charge in [-0.25, -0.2) is 4.39 Å². The summed E-state index contributed by atoms with van der Waals surface area (Å²) in [5, 5.41) is 14.4. The molecular formula is C20H29FN4O4. The number of nitrogens with zero attached hydrogens (tertiary/aromatic N) is 3. The molecule has 2 aliphatic rings. The van der Waals surface area contributed by atoms with Crippen molar-refractivity contribution in [3.8, 4) is 0 Å². The second-order valence-electron chi connectivity index (χ2n) is 8.12. The van der Waals surface area contributed by atoms with Gasteiger partial charge in [-0.05, 0) is 18.9 Å². The van der Waals surface area contributed by atoms with Crippen molar-refractivity contribution in [2.45, 2.75) is 43.9 Å². The van der Waals surface area contributed by atoms with Crippen LogP contribution in [0.3, 0.4) is 0 Å². The fourth-order valence-electron chi connectivity index (χ4n) is 4.28. The van der Waals surface area contributed by atoms with Gasteiger partial charge in [-0.3, -0.25) is 19.8 Å². The zero-order chi connectivity index (χ0) is 21.0. The summed E-state index contributed by atoms with van der Waals surface area (Å²) in [6.07, 6.45) is 3.89. The van der Waals surface area contributed by atoms with Crippen molar-refractivity contribution >= 4 is 11.6 Å². The molecule has 0 aromatic heterocycles. The van der Waals surface area contributed by atoms with Crippen LogP contribution in [-0.2, 0) is 16.1 Å². The molecule has 3 rings (SSSR count). The fraction of sp³-hybridized carbons (Fsp3) is 0.650. The summed E-state index contributed by atoms with van der Waals surface area (Å²) >= 11 is 0. The molecule has 8 nitrogen and oxygen atoms in total. The second-order valence-corrected chi connectivity index (χ2v) is 8.12. The molecule has 1 aliphatic heterocycles. The number of benzene rings is 1. The summed E-state index contributed by atoms with van der Waals surface area (Å²) in [5.41, 5.74) is -0.219. The van der Waals surface area contributed by atoms with Gasteiger partial charge in [0.25, 0.3) is 5.69 Å². The number of nitro groups is 1. The number of morpholine rings is 1. The third kappa shape index (κ3) is 5.09. The molecule has 0 radical (unpaired) electrons. The van der Waals surface area contributed by atoms with Crippen LogP contribution in [-0.4, -0.2) is 72.6 Å². The number of carbonyl (C=O) groups is 1. The zero-order valence-electron chi connectivity index (χ0n) is 17.0. The van der Waals surface area contributed by atoms with Crippen molar-refractivity contribution < 1.29 is 18.8 Å². The van der Waals surface area contributed by atoms with Gasteiger partial charge in [0.2, 0.25) is 5.91 Å². The molecule has 1 saturated carbocycles. The maximum atomic E-state index is 14.2. The molecule has 1 saturated heterocycles. The Kier molecular flexibility index (Phi) is 6.81. The Morgan fingerprint density at radius 2 is 2.24 bits per heavy atom. The molecule has 1 heterocycles. The van der Waals surface area contributed by atoms with Crippen molar-refractivity contribution in [2.75, 3.05) is 40.3 Å². The number of halogens is 1. The van der Waals surface area contributed by atoms with Gasteiger partial charge >= 0.3 is 0 Å². The predicted octanol–water partition coefficient (Wildman–Crippen LogP) is 1.93. The predicted molar refractivity (Wildman–Crippen MR) is 106 cm³/mol. The van der Waals surface area contributed by atoms with E-state index in [0.29, 0.717) is 31.8 Å². The van der Waals surface area contributed by atoms with Crippen LogP contribution in [0.4, 0.5) is 10.1 Å². The maximum absolute atomic E-state index is 14.2. The smallest absolute Gasteiger partial charge is 0.269 e. The van der Waals surface area contributed by atoms with Crippen LogP contribution in [0.2, 0.25) is 0 Å². The van der Waals surface area contributed by atoms with Crippen molar-refractivity contribution in [3.05, 3.63) is 39.7 Å². The Hall–Kier alpha value is -2.10. The van der Waals surface area contributed by atoms with E-state index in [2.05, 4.69) is 10.2 Å². The molecule has 1 N–H and O–H groups in total. The lowest BCUT2D eigenvalue weighted by molar-refractivity contribution is -0.385. The van der Waals surface area contributed by atoms with Gasteiger partial charge in [-0.1, -0.05) is 12.8 Å². The molecule has 29 heavy (non-hydrogen) atoms. The van der Waals surface area contributed by atoms with Crippen molar-refractivity contribution in [1.82, 2.24) is 15.1 Å². The lowest BCUT2D eigenvalue weighted by Crippen LogP contribution is -2.63. The summed E-state index contributed by atoms with van der Waals surface area (Å²) in [5.74, 6) is -0.428. The quantitative estimate of drug-likeness (QED) is 0.572. The van der Waals surface area contributed by atoms with E-state index < -0.39 is 16.3 Å². The molecule has 1 aromatic carbocycles. The van der Waals surface area contributed by atoms with Gasteiger partial charge in [0.15, 0.2) is 0 Å². The van der Waals surface area contributed by atoms with Crippen molar-refractivity contribution in [2.24, 2.45) is 0 Å². The topological polar surface area (TPSA) is 88.0 Å². The highest BCUT2D eigenvalue weighted by Gasteiger charge is 2.45. The normalized spacial score (nSPS) is 25.1. The van der Waals surface area contributed by atoms with Gasteiger partial charge < -0.3 is 15.0 Å². The largest absolute Gasteiger partial charge is 0.371 e. The molecule has 1 aromatic rings. The van der Waals surface area contributed by atoms with Crippen LogP contribution < -0.4 is 5.32 Å². The Balaban J connectivity index is 1.71. The van der Waals surface area contributed by atoms with Crippen LogP contribution in [0.1, 0.15) is 31.2 Å². The van der Waals surface area contributed by atoms with E-state index in [-0.39, 0.29) is 24.2 Å².